The van der Waals surface area contributed by atoms with Gasteiger partial charge < -0.3 is 5.73 Å². The lowest BCUT2D eigenvalue weighted by molar-refractivity contribution is 0.886. The van der Waals surface area contributed by atoms with E-state index >= 15 is 0 Å². The molecule has 11 heavy (non-hydrogen) atoms. The van der Waals surface area contributed by atoms with Crippen molar-refractivity contribution in [1.82, 2.24) is 0 Å². The maximum absolute atomic E-state index is 5.58. The summed E-state index contributed by atoms with van der Waals surface area (Å²) in [5, 5.41) is 0.857. The molecule has 0 bridgehead atoms. The Bertz CT molecular complexity index is 139. The third kappa shape index (κ3) is 3.14. The highest BCUT2D eigenvalue weighted by atomic mass is 32.2. The third-order valence-electron chi connectivity index (χ3n) is 2.06. The van der Waals surface area contributed by atoms with Crippen molar-refractivity contribution in [2.24, 2.45) is 10.7 Å². The largest absolute Gasteiger partial charge is 0.387 e. The predicted octanol–water partition coefficient (Wildman–Crippen LogP) is 1.65. The van der Waals surface area contributed by atoms with E-state index in [0.29, 0.717) is 0 Å². The molecule has 0 aromatic rings. The van der Waals surface area contributed by atoms with Crippen LogP contribution in [0.2, 0.25) is 0 Å². The van der Waals surface area contributed by atoms with Crippen LogP contribution in [-0.2, 0) is 0 Å². The molecule has 0 radical (unpaired) electrons. The molecule has 0 aromatic carbocycles. The molecular weight excluding hydrogens is 156 g/mol. The summed E-state index contributed by atoms with van der Waals surface area (Å²) < 4.78 is 0. The molecule has 1 aliphatic rings. The number of thioether (sulfide) groups is 1. The number of amidine groups is 1. The van der Waals surface area contributed by atoms with Crippen molar-refractivity contribution in [2.75, 3.05) is 12.8 Å². The Hall–Kier alpha value is -0.180. The van der Waals surface area contributed by atoms with Crippen LogP contribution in [0.5, 0.6) is 0 Å². The van der Waals surface area contributed by atoms with E-state index in [0.717, 1.165) is 16.8 Å². The summed E-state index contributed by atoms with van der Waals surface area (Å²) in [6.07, 6.45) is 5.56. The van der Waals surface area contributed by atoms with Gasteiger partial charge in [0, 0.05) is 12.3 Å². The highest BCUT2D eigenvalue weighted by Gasteiger charge is 2.14. The van der Waals surface area contributed by atoms with Crippen molar-refractivity contribution in [2.45, 2.75) is 30.9 Å². The van der Waals surface area contributed by atoms with E-state index in [-0.39, 0.29) is 0 Å². The Kier molecular flexibility index (Phi) is 3.77. The van der Waals surface area contributed by atoms with E-state index < -0.39 is 0 Å². The van der Waals surface area contributed by atoms with E-state index in [9.17, 15) is 0 Å². The van der Waals surface area contributed by atoms with Crippen LogP contribution < -0.4 is 5.73 Å². The maximum Gasteiger partial charge on any atom is 0.103 e. The highest BCUT2D eigenvalue weighted by Crippen LogP contribution is 2.28. The summed E-state index contributed by atoms with van der Waals surface area (Å²) >= 11 is 1.96. The van der Waals surface area contributed by atoms with Crippen LogP contribution in [0.4, 0.5) is 0 Å². The molecule has 1 fully saturated rings. The minimum Gasteiger partial charge on any atom is -0.387 e. The van der Waals surface area contributed by atoms with E-state index in [1.54, 1.807) is 7.05 Å². The van der Waals surface area contributed by atoms with Gasteiger partial charge >= 0.3 is 0 Å². The topological polar surface area (TPSA) is 38.4 Å². The molecule has 2 nitrogen and oxygen atoms in total. The van der Waals surface area contributed by atoms with Crippen LogP contribution in [0, 0.1) is 0 Å². The fourth-order valence-electron chi connectivity index (χ4n) is 1.32. The van der Waals surface area contributed by atoms with Gasteiger partial charge in [-0.25, -0.2) is 0 Å². The molecule has 0 unspecified atom stereocenters. The molecule has 0 spiro atoms. The normalized spacial score (nSPS) is 21.0. The average molecular weight is 172 g/mol. The van der Waals surface area contributed by atoms with Crippen molar-refractivity contribution in [3.05, 3.63) is 0 Å². The second kappa shape index (κ2) is 4.65. The number of nitrogens with zero attached hydrogens (tertiary/aromatic N) is 1. The average Bonchev–Trinajstić information content (AvgIpc) is 2.52. The van der Waals surface area contributed by atoms with Crippen molar-refractivity contribution in [3.63, 3.8) is 0 Å². The summed E-state index contributed by atoms with van der Waals surface area (Å²) in [5.74, 6) is 1.70. The minimum absolute atomic E-state index is 0.780. The Morgan fingerprint density at radius 3 is 2.73 bits per heavy atom. The quantitative estimate of drug-likeness (QED) is 0.519. The molecule has 0 saturated heterocycles. The lowest BCUT2D eigenvalue weighted by Gasteiger charge is -2.06. The van der Waals surface area contributed by atoms with E-state index in [2.05, 4.69) is 4.99 Å². The lowest BCUT2D eigenvalue weighted by atomic mass is 10.4. The predicted molar refractivity (Wildman–Crippen MR) is 52.3 cm³/mol. The molecular formula is C8H16N2S. The van der Waals surface area contributed by atoms with Gasteiger partial charge in [0.15, 0.2) is 0 Å². The van der Waals surface area contributed by atoms with Crippen LogP contribution >= 0.6 is 11.8 Å². The van der Waals surface area contributed by atoms with Crippen molar-refractivity contribution >= 4 is 17.6 Å². The standard InChI is InChI=1S/C8H16N2S/c1-10-8(9)6-11-7-4-2-3-5-7/h7H,2-6H2,1H3,(H2,9,10). The van der Waals surface area contributed by atoms with Gasteiger partial charge in [-0.1, -0.05) is 12.8 Å². The number of nitrogens with two attached hydrogens (primary N) is 1. The van der Waals surface area contributed by atoms with Gasteiger partial charge in [0.05, 0.1) is 5.75 Å². The molecule has 2 N–H and O–H groups in total. The van der Waals surface area contributed by atoms with Crippen molar-refractivity contribution in [1.29, 1.82) is 0 Å². The van der Waals surface area contributed by atoms with Crippen molar-refractivity contribution in [3.8, 4) is 0 Å². The van der Waals surface area contributed by atoms with Crippen LogP contribution in [0.1, 0.15) is 25.7 Å². The van der Waals surface area contributed by atoms with Crippen LogP contribution in [0.25, 0.3) is 0 Å². The van der Waals surface area contributed by atoms with Crippen LogP contribution in [0.3, 0.4) is 0 Å². The first-order valence-corrected chi connectivity index (χ1v) is 5.20. The van der Waals surface area contributed by atoms with Gasteiger partial charge in [0.2, 0.25) is 0 Å². The third-order valence-corrected chi connectivity index (χ3v) is 3.46. The molecule has 0 aliphatic heterocycles. The van der Waals surface area contributed by atoms with Gasteiger partial charge in [0.1, 0.15) is 5.84 Å². The molecule has 64 valence electrons. The van der Waals surface area contributed by atoms with E-state index in [4.69, 9.17) is 5.73 Å². The van der Waals surface area contributed by atoms with Crippen molar-refractivity contribution < 1.29 is 0 Å². The summed E-state index contributed by atoms with van der Waals surface area (Å²) in [4.78, 5) is 3.92. The molecule has 0 aromatic heterocycles. The fraction of sp³-hybridized carbons (Fsp3) is 0.875. The Morgan fingerprint density at radius 1 is 1.55 bits per heavy atom. The Labute approximate surface area is 72.6 Å². The molecule has 0 atom stereocenters. The SMILES string of the molecule is CN=C(N)CSC1CCCC1. The zero-order valence-electron chi connectivity index (χ0n) is 7.05. The molecule has 0 amide bonds. The Balaban J connectivity index is 2.11. The van der Waals surface area contributed by atoms with Gasteiger partial charge in [-0.05, 0) is 12.8 Å². The summed E-state index contributed by atoms with van der Waals surface area (Å²) in [5.41, 5.74) is 5.58. The van der Waals surface area contributed by atoms with E-state index in [1.807, 2.05) is 11.8 Å². The highest BCUT2D eigenvalue weighted by molar-refractivity contribution is 8.00. The van der Waals surface area contributed by atoms with Gasteiger partial charge in [-0.3, -0.25) is 4.99 Å². The molecule has 0 heterocycles. The number of aliphatic imine (C=N–C) groups is 1. The minimum atomic E-state index is 0.780. The monoisotopic (exact) mass is 172 g/mol. The summed E-state index contributed by atoms with van der Waals surface area (Å²) in [6.45, 7) is 0. The Morgan fingerprint density at radius 2 is 2.18 bits per heavy atom. The number of hydrogen-bond donors (Lipinski definition) is 1. The number of hydrogen-bond acceptors (Lipinski definition) is 2. The van der Waals surface area contributed by atoms with Crippen LogP contribution in [-0.4, -0.2) is 23.9 Å². The second-order valence-electron chi connectivity index (χ2n) is 2.93. The first-order chi connectivity index (χ1) is 5.33. The molecule has 3 heteroatoms. The zero-order chi connectivity index (χ0) is 8.10. The summed E-state index contributed by atoms with van der Waals surface area (Å²) in [6, 6.07) is 0. The van der Waals surface area contributed by atoms with Gasteiger partial charge in [-0.2, -0.15) is 11.8 Å². The summed E-state index contributed by atoms with van der Waals surface area (Å²) in [7, 11) is 1.75. The van der Waals surface area contributed by atoms with Gasteiger partial charge in [-0.15, -0.1) is 0 Å². The molecule has 1 aliphatic carbocycles. The first kappa shape index (κ1) is 8.91. The van der Waals surface area contributed by atoms with E-state index in [1.165, 1.54) is 25.7 Å². The second-order valence-corrected chi connectivity index (χ2v) is 4.22. The molecule has 1 rings (SSSR count). The lowest BCUT2D eigenvalue weighted by Crippen LogP contribution is -2.15. The zero-order valence-corrected chi connectivity index (χ0v) is 7.86. The fourth-order valence-corrected chi connectivity index (χ4v) is 2.53. The first-order valence-electron chi connectivity index (χ1n) is 4.15. The molecule has 1 saturated carbocycles. The van der Waals surface area contributed by atoms with Gasteiger partial charge in [0.25, 0.3) is 0 Å². The number of rotatable bonds is 3. The maximum atomic E-state index is 5.58. The van der Waals surface area contributed by atoms with Crippen LogP contribution in [0.15, 0.2) is 4.99 Å². The smallest absolute Gasteiger partial charge is 0.103 e.